The van der Waals surface area contributed by atoms with Crippen LogP contribution in [0, 0.1) is 0 Å². The van der Waals surface area contributed by atoms with E-state index in [9.17, 15) is 14.4 Å². The van der Waals surface area contributed by atoms with Crippen molar-refractivity contribution in [1.82, 2.24) is 16.0 Å². The van der Waals surface area contributed by atoms with Gasteiger partial charge in [0.1, 0.15) is 35.1 Å². The monoisotopic (exact) mass is 481 g/mol. The molecule has 2 aromatic rings. The van der Waals surface area contributed by atoms with E-state index < -0.39 is 23.4 Å². The maximum Gasteiger partial charge on any atom is 0.242 e. The number of ether oxygens (including phenoxy) is 3. The molecule has 2 aromatic carbocycles. The molecule has 0 saturated heterocycles. The first kappa shape index (κ1) is 24.4. The normalized spacial score (nSPS) is 21.4. The lowest BCUT2D eigenvalue weighted by Gasteiger charge is -2.37. The number of carbonyl (C=O) groups excluding carboxylic acids is 3. The average Bonchev–Trinajstić information content (AvgIpc) is 2.82. The Bertz CT molecular complexity index is 1210. The molecular formula is C26H31N3O6. The number of carbonyl (C=O) groups is 3. The second-order valence-corrected chi connectivity index (χ2v) is 9.39. The summed E-state index contributed by atoms with van der Waals surface area (Å²) in [5.74, 6) is 0.952. The quantitative estimate of drug-likeness (QED) is 0.607. The SMILES string of the molecule is COc1ccc2c3c1CNC(=O)C(C)NC(=O)C(C)NC(=O)Cc1c(OC)ccc(c1O3)C2(C)C. The van der Waals surface area contributed by atoms with E-state index in [1.165, 1.54) is 7.11 Å². The highest BCUT2D eigenvalue weighted by atomic mass is 16.5. The van der Waals surface area contributed by atoms with Gasteiger partial charge in [0.15, 0.2) is 0 Å². The molecule has 2 bridgehead atoms. The second kappa shape index (κ2) is 9.13. The Hall–Kier alpha value is -3.75. The number of benzene rings is 2. The molecule has 2 atom stereocenters. The first-order chi connectivity index (χ1) is 16.6. The highest BCUT2D eigenvalue weighted by Crippen LogP contribution is 2.53. The highest BCUT2D eigenvalue weighted by molar-refractivity contribution is 5.92. The van der Waals surface area contributed by atoms with Crippen molar-refractivity contribution in [2.45, 2.75) is 58.2 Å². The fraction of sp³-hybridized carbons (Fsp3) is 0.423. The Kier molecular flexibility index (Phi) is 6.36. The fourth-order valence-corrected chi connectivity index (χ4v) is 4.65. The summed E-state index contributed by atoms with van der Waals surface area (Å²) >= 11 is 0. The van der Waals surface area contributed by atoms with Gasteiger partial charge in [0, 0.05) is 22.1 Å². The number of hydrogen-bond donors (Lipinski definition) is 3. The summed E-state index contributed by atoms with van der Waals surface area (Å²) < 4.78 is 17.7. The zero-order valence-electron chi connectivity index (χ0n) is 20.8. The zero-order chi connectivity index (χ0) is 25.5. The van der Waals surface area contributed by atoms with Crippen molar-refractivity contribution in [2.75, 3.05) is 14.2 Å². The predicted octanol–water partition coefficient (Wildman–Crippen LogP) is 2.32. The van der Waals surface area contributed by atoms with Crippen LogP contribution in [0.1, 0.15) is 49.9 Å². The lowest BCUT2D eigenvalue weighted by molar-refractivity contribution is -0.131. The Labute approximate surface area is 204 Å². The van der Waals surface area contributed by atoms with Gasteiger partial charge in [0.2, 0.25) is 17.7 Å². The van der Waals surface area contributed by atoms with Crippen molar-refractivity contribution in [3.05, 3.63) is 46.5 Å². The van der Waals surface area contributed by atoms with Gasteiger partial charge in [-0.1, -0.05) is 26.0 Å². The van der Waals surface area contributed by atoms with Gasteiger partial charge in [-0.25, -0.2) is 0 Å². The molecule has 2 aliphatic heterocycles. The molecule has 4 rings (SSSR count). The molecule has 2 heterocycles. The molecule has 9 nitrogen and oxygen atoms in total. The first-order valence-electron chi connectivity index (χ1n) is 11.5. The Morgan fingerprint density at radius 2 is 1.37 bits per heavy atom. The van der Waals surface area contributed by atoms with Gasteiger partial charge in [0.05, 0.1) is 32.7 Å². The summed E-state index contributed by atoms with van der Waals surface area (Å²) in [6, 6.07) is 5.94. The van der Waals surface area contributed by atoms with E-state index in [0.717, 1.165) is 11.1 Å². The Morgan fingerprint density at radius 3 is 1.97 bits per heavy atom. The van der Waals surface area contributed by atoms with E-state index in [1.54, 1.807) is 21.0 Å². The summed E-state index contributed by atoms with van der Waals surface area (Å²) in [6.07, 6.45) is -0.0542. The number of methoxy groups -OCH3 is 2. The van der Waals surface area contributed by atoms with E-state index in [-0.39, 0.29) is 24.8 Å². The van der Waals surface area contributed by atoms with Crippen LogP contribution < -0.4 is 30.2 Å². The van der Waals surface area contributed by atoms with E-state index in [4.69, 9.17) is 14.2 Å². The van der Waals surface area contributed by atoms with Crippen molar-refractivity contribution in [2.24, 2.45) is 0 Å². The van der Waals surface area contributed by atoms with E-state index in [1.807, 2.05) is 24.3 Å². The van der Waals surface area contributed by atoms with Crippen LogP contribution in [-0.2, 0) is 32.8 Å². The summed E-state index contributed by atoms with van der Waals surface area (Å²) in [5, 5.41) is 8.22. The number of nitrogens with one attached hydrogen (secondary N) is 3. The molecule has 0 radical (unpaired) electrons. The lowest BCUT2D eigenvalue weighted by Crippen LogP contribution is -2.51. The van der Waals surface area contributed by atoms with Gasteiger partial charge < -0.3 is 30.2 Å². The molecule has 0 spiro atoms. The molecule has 2 aliphatic rings. The van der Waals surface area contributed by atoms with Gasteiger partial charge in [-0.3, -0.25) is 14.4 Å². The molecule has 3 N–H and O–H groups in total. The third-order valence-corrected chi connectivity index (χ3v) is 6.73. The van der Waals surface area contributed by atoms with Crippen LogP contribution >= 0.6 is 0 Å². The third kappa shape index (κ3) is 4.26. The van der Waals surface area contributed by atoms with Gasteiger partial charge in [-0.05, 0) is 26.0 Å². The van der Waals surface area contributed by atoms with Gasteiger partial charge in [-0.15, -0.1) is 0 Å². The topological polar surface area (TPSA) is 115 Å². The molecule has 2 unspecified atom stereocenters. The van der Waals surface area contributed by atoms with Crippen LogP contribution in [0.25, 0.3) is 0 Å². The van der Waals surface area contributed by atoms with Gasteiger partial charge in [-0.2, -0.15) is 0 Å². The minimum Gasteiger partial charge on any atom is -0.496 e. The average molecular weight is 482 g/mol. The van der Waals surface area contributed by atoms with E-state index in [0.29, 0.717) is 34.1 Å². The largest absolute Gasteiger partial charge is 0.496 e. The molecule has 0 aromatic heterocycles. The van der Waals surface area contributed by atoms with Crippen LogP contribution in [0.15, 0.2) is 24.3 Å². The van der Waals surface area contributed by atoms with Crippen LogP contribution in [0.4, 0.5) is 0 Å². The maximum atomic E-state index is 13.0. The number of hydrogen-bond acceptors (Lipinski definition) is 6. The van der Waals surface area contributed by atoms with Crippen LogP contribution in [0.2, 0.25) is 0 Å². The van der Waals surface area contributed by atoms with Gasteiger partial charge in [0.25, 0.3) is 0 Å². The smallest absolute Gasteiger partial charge is 0.242 e. The molecular weight excluding hydrogens is 450 g/mol. The van der Waals surface area contributed by atoms with Crippen molar-refractivity contribution < 1.29 is 28.6 Å². The van der Waals surface area contributed by atoms with E-state index in [2.05, 4.69) is 29.8 Å². The summed E-state index contributed by atoms with van der Waals surface area (Å²) in [6.45, 7) is 7.45. The van der Waals surface area contributed by atoms with Crippen LogP contribution in [0.5, 0.6) is 23.0 Å². The van der Waals surface area contributed by atoms with Crippen molar-refractivity contribution >= 4 is 17.7 Å². The number of amides is 3. The second-order valence-electron chi connectivity index (χ2n) is 9.39. The number of rotatable bonds is 2. The molecule has 186 valence electrons. The standard InChI is InChI=1S/C26H31N3O6/c1-13-24(31)27-12-16-20(34-6)10-8-18-23(16)35-22-15(11-21(30)28-14(2)25(32)29-13)19(33-5)9-7-17(22)26(18,3)4/h7-10,13-14H,11-12H2,1-6H3,(H,27,31)(H,28,30)(H,29,32). The predicted molar refractivity (Wildman–Crippen MR) is 129 cm³/mol. The van der Waals surface area contributed by atoms with Crippen molar-refractivity contribution in [1.29, 1.82) is 0 Å². The van der Waals surface area contributed by atoms with Crippen LogP contribution in [-0.4, -0.2) is 44.0 Å². The minimum absolute atomic E-state index is 0.0542. The molecule has 0 aliphatic carbocycles. The molecule has 0 fully saturated rings. The summed E-state index contributed by atoms with van der Waals surface area (Å²) in [7, 11) is 3.09. The first-order valence-corrected chi connectivity index (χ1v) is 11.5. The van der Waals surface area contributed by atoms with Crippen LogP contribution in [0.3, 0.4) is 0 Å². The summed E-state index contributed by atoms with van der Waals surface area (Å²) in [5.41, 5.74) is 2.59. The molecule has 0 saturated carbocycles. The van der Waals surface area contributed by atoms with Gasteiger partial charge >= 0.3 is 0 Å². The Balaban J connectivity index is 1.93. The molecule has 9 heteroatoms. The third-order valence-electron chi connectivity index (χ3n) is 6.73. The fourth-order valence-electron chi connectivity index (χ4n) is 4.65. The van der Waals surface area contributed by atoms with Crippen molar-refractivity contribution in [3.8, 4) is 23.0 Å². The van der Waals surface area contributed by atoms with E-state index >= 15 is 0 Å². The Morgan fingerprint density at radius 1 is 0.829 bits per heavy atom. The molecule has 3 amide bonds. The lowest BCUT2D eigenvalue weighted by atomic mass is 9.74. The minimum atomic E-state index is -0.838. The highest BCUT2D eigenvalue weighted by Gasteiger charge is 2.39. The maximum absolute atomic E-state index is 13.0. The summed E-state index contributed by atoms with van der Waals surface area (Å²) in [4.78, 5) is 38.4. The molecule has 35 heavy (non-hydrogen) atoms. The zero-order valence-corrected chi connectivity index (χ0v) is 20.8. The van der Waals surface area contributed by atoms with Crippen molar-refractivity contribution in [3.63, 3.8) is 0 Å².